The van der Waals surface area contributed by atoms with Gasteiger partial charge in [-0.3, -0.25) is 0 Å². The molecule has 1 aromatic heterocycles. The van der Waals surface area contributed by atoms with Gasteiger partial charge in [0.05, 0.1) is 12.1 Å². The van der Waals surface area contributed by atoms with Crippen molar-refractivity contribution in [3.8, 4) is 0 Å². The van der Waals surface area contributed by atoms with Gasteiger partial charge in [-0.25, -0.2) is 0 Å². The highest BCUT2D eigenvalue weighted by Crippen LogP contribution is 2.32. The van der Waals surface area contributed by atoms with E-state index in [0.717, 1.165) is 18.8 Å². The van der Waals surface area contributed by atoms with Gasteiger partial charge in [-0.05, 0) is 19.3 Å². The molecule has 2 unspecified atom stereocenters. The molecule has 0 bridgehead atoms. The Morgan fingerprint density at radius 2 is 2.24 bits per heavy atom. The molecule has 2 fully saturated rings. The van der Waals surface area contributed by atoms with Gasteiger partial charge in [-0.15, -0.1) is 10.2 Å². The van der Waals surface area contributed by atoms with Gasteiger partial charge in [-0.2, -0.15) is 0 Å². The number of nitrogens with zero attached hydrogens (tertiary/aromatic N) is 3. The van der Waals surface area contributed by atoms with Crippen molar-refractivity contribution in [1.82, 2.24) is 20.1 Å². The van der Waals surface area contributed by atoms with Crippen LogP contribution in [0.4, 0.5) is 0 Å². The summed E-state index contributed by atoms with van der Waals surface area (Å²) in [5.41, 5.74) is 0. The number of nitrogens with one attached hydrogen (secondary N) is 1. The average Bonchev–Trinajstić information content (AvgIpc) is 3.09. The van der Waals surface area contributed by atoms with E-state index in [1.165, 1.54) is 25.7 Å². The summed E-state index contributed by atoms with van der Waals surface area (Å²) >= 11 is 0. The van der Waals surface area contributed by atoms with E-state index in [4.69, 9.17) is 4.74 Å². The van der Waals surface area contributed by atoms with Gasteiger partial charge in [0.1, 0.15) is 12.2 Å². The molecule has 94 valence electrons. The average molecular weight is 236 g/mol. The highest BCUT2D eigenvalue weighted by molar-refractivity contribution is 5.02. The first-order chi connectivity index (χ1) is 8.38. The molecule has 0 aromatic carbocycles. The number of hydrogen-bond donors (Lipinski definition) is 1. The molecular weight excluding hydrogens is 216 g/mol. The van der Waals surface area contributed by atoms with Gasteiger partial charge >= 0.3 is 0 Å². The third-order valence-corrected chi connectivity index (χ3v) is 4.05. The third kappa shape index (κ3) is 2.09. The lowest BCUT2D eigenvalue weighted by Crippen LogP contribution is -2.20. The molecule has 1 aliphatic heterocycles. The maximum Gasteiger partial charge on any atom is 0.150 e. The fourth-order valence-corrected chi connectivity index (χ4v) is 3.04. The lowest BCUT2D eigenvalue weighted by Gasteiger charge is -2.17. The van der Waals surface area contributed by atoms with Gasteiger partial charge in [0, 0.05) is 19.7 Å². The van der Waals surface area contributed by atoms with E-state index in [-0.39, 0.29) is 0 Å². The molecule has 5 nitrogen and oxygen atoms in total. The zero-order chi connectivity index (χ0) is 11.7. The Kier molecular flexibility index (Phi) is 3.11. The zero-order valence-corrected chi connectivity index (χ0v) is 10.3. The lowest BCUT2D eigenvalue weighted by molar-refractivity contribution is 0.117. The van der Waals surface area contributed by atoms with Crippen LogP contribution in [0.3, 0.4) is 0 Å². The number of ether oxygens (including phenoxy) is 1. The predicted octanol–water partition coefficient (Wildman–Crippen LogP) is 1.44. The summed E-state index contributed by atoms with van der Waals surface area (Å²) < 4.78 is 7.67. The van der Waals surface area contributed by atoms with Crippen molar-refractivity contribution < 1.29 is 4.74 Å². The summed E-state index contributed by atoms with van der Waals surface area (Å²) in [6.07, 6.45) is 8.42. The van der Waals surface area contributed by atoms with Gasteiger partial charge in [0.15, 0.2) is 0 Å². The fraction of sp³-hybridized carbons (Fsp3) is 0.833. The second kappa shape index (κ2) is 4.74. The predicted molar refractivity (Wildman–Crippen MR) is 63.7 cm³/mol. The maximum atomic E-state index is 5.38. The topological polar surface area (TPSA) is 52.0 Å². The Labute approximate surface area is 102 Å². The molecule has 2 aliphatic rings. The summed E-state index contributed by atoms with van der Waals surface area (Å²) in [7, 11) is 1.77. The van der Waals surface area contributed by atoms with Crippen molar-refractivity contribution in [3.05, 3.63) is 12.2 Å². The molecule has 0 radical (unpaired) electrons. The summed E-state index contributed by atoms with van der Waals surface area (Å²) in [6.45, 7) is 0.915. The summed E-state index contributed by atoms with van der Waals surface area (Å²) in [4.78, 5) is 0. The van der Waals surface area contributed by atoms with E-state index in [1.807, 2.05) is 6.33 Å². The molecule has 0 amide bonds. The van der Waals surface area contributed by atoms with Crippen LogP contribution in [-0.2, 0) is 4.74 Å². The summed E-state index contributed by atoms with van der Waals surface area (Å²) in [5, 5.41) is 11.9. The van der Waals surface area contributed by atoms with Crippen LogP contribution in [0.5, 0.6) is 0 Å². The molecule has 5 heteroatoms. The summed E-state index contributed by atoms with van der Waals surface area (Å²) in [6, 6.07) is 0.923. The number of aromatic nitrogens is 3. The second-order valence-electron chi connectivity index (χ2n) is 5.09. The molecule has 1 saturated heterocycles. The molecular formula is C12H20N4O. The standard InChI is InChI=1S/C12H20N4O/c1-17-10-6-11(13-7-10)12-15-14-8-16(12)9-4-2-3-5-9/h8-11,13H,2-7H2,1H3. The highest BCUT2D eigenvalue weighted by atomic mass is 16.5. The number of methoxy groups -OCH3 is 1. The first-order valence-electron chi connectivity index (χ1n) is 6.54. The Hall–Kier alpha value is -0.940. The van der Waals surface area contributed by atoms with E-state index < -0.39 is 0 Å². The van der Waals surface area contributed by atoms with Crippen LogP contribution in [0.2, 0.25) is 0 Å². The van der Waals surface area contributed by atoms with E-state index in [9.17, 15) is 0 Å². The van der Waals surface area contributed by atoms with Gasteiger partial charge < -0.3 is 14.6 Å². The fourth-order valence-electron chi connectivity index (χ4n) is 3.04. The highest BCUT2D eigenvalue weighted by Gasteiger charge is 2.30. The Morgan fingerprint density at radius 1 is 1.41 bits per heavy atom. The van der Waals surface area contributed by atoms with Gasteiger partial charge in [-0.1, -0.05) is 12.8 Å². The third-order valence-electron chi connectivity index (χ3n) is 4.05. The number of rotatable bonds is 3. The van der Waals surface area contributed by atoms with Crippen LogP contribution in [0.1, 0.15) is 50.0 Å². The van der Waals surface area contributed by atoms with E-state index >= 15 is 0 Å². The molecule has 1 aromatic rings. The Morgan fingerprint density at radius 3 is 2.94 bits per heavy atom. The van der Waals surface area contributed by atoms with Crippen molar-refractivity contribution in [2.75, 3.05) is 13.7 Å². The molecule has 0 spiro atoms. The second-order valence-corrected chi connectivity index (χ2v) is 5.09. The maximum absolute atomic E-state index is 5.38. The van der Waals surface area contributed by atoms with E-state index in [2.05, 4.69) is 20.1 Å². The molecule has 2 atom stereocenters. The van der Waals surface area contributed by atoms with Gasteiger partial charge in [0.25, 0.3) is 0 Å². The summed E-state index contributed by atoms with van der Waals surface area (Å²) in [5.74, 6) is 1.09. The van der Waals surface area contributed by atoms with Crippen LogP contribution < -0.4 is 5.32 Å². The SMILES string of the molecule is COC1CNC(c2nncn2C2CCCC2)C1. The van der Waals surface area contributed by atoms with Crippen molar-refractivity contribution in [2.45, 2.75) is 50.3 Å². The van der Waals surface area contributed by atoms with Crippen LogP contribution in [0, 0.1) is 0 Å². The first kappa shape index (κ1) is 11.2. The van der Waals surface area contributed by atoms with Crippen LogP contribution >= 0.6 is 0 Å². The van der Waals surface area contributed by atoms with Gasteiger partial charge in [0.2, 0.25) is 0 Å². The molecule has 17 heavy (non-hydrogen) atoms. The molecule has 1 N–H and O–H groups in total. The first-order valence-corrected chi connectivity index (χ1v) is 6.54. The molecule has 1 saturated carbocycles. The van der Waals surface area contributed by atoms with Crippen molar-refractivity contribution in [3.63, 3.8) is 0 Å². The van der Waals surface area contributed by atoms with Crippen LogP contribution in [0.25, 0.3) is 0 Å². The smallest absolute Gasteiger partial charge is 0.150 e. The van der Waals surface area contributed by atoms with E-state index in [1.54, 1.807) is 7.11 Å². The Bertz CT molecular complexity index is 372. The monoisotopic (exact) mass is 236 g/mol. The minimum absolute atomic E-state index is 0.308. The van der Waals surface area contributed by atoms with Crippen LogP contribution in [0.15, 0.2) is 6.33 Å². The molecule has 3 rings (SSSR count). The van der Waals surface area contributed by atoms with Crippen molar-refractivity contribution in [1.29, 1.82) is 0 Å². The van der Waals surface area contributed by atoms with E-state index in [0.29, 0.717) is 18.2 Å². The van der Waals surface area contributed by atoms with Crippen LogP contribution in [-0.4, -0.2) is 34.5 Å². The minimum atomic E-state index is 0.308. The largest absolute Gasteiger partial charge is 0.380 e. The molecule has 2 heterocycles. The van der Waals surface area contributed by atoms with Crippen molar-refractivity contribution >= 4 is 0 Å². The zero-order valence-electron chi connectivity index (χ0n) is 10.3. The minimum Gasteiger partial charge on any atom is -0.380 e. The number of hydrogen-bond acceptors (Lipinski definition) is 4. The Balaban J connectivity index is 1.77. The van der Waals surface area contributed by atoms with Crippen molar-refractivity contribution in [2.24, 2.45) is 0 Å². The normalized spacial score (nSPS) is 30.2. The lowest BCUT2D eigenvalue weighted by atomic mass is 10.1. The molecule has 1 aliphatic carbocycles. The quantitative estimate of drug-likeness (QED) is 0.863.